The number of imidazole rings is 1. The van der Waals surface area contributed by atoms with Crippen LogP contribution in [0.4, 0.5) is 0 Å². The molecule has 4 rings (SSSR count). The monoisotopic (exact) mass is 416 g/mol. The van der Waals surface area contributed by atoms with E-state index in [-0.39, 0.29) is 11.8 Å². The van der Waals surface area contributed by atoms with E-state index in [9.17, 15) is 13.2 Å². The first-order chi connectivity index (χ1) is 14.0. The summed E-state index contributed by atoms with van der Waals surface area (Å²) < 4.78 is 29.6. The van der Waals surface area contributed by atoms with Gasteiger partial charge in [0.05, 0.1) is 11.2 Å². The van der Waals surface area contributed by atoms with Gasteiger partial charge in [0, 0.05) is 44.5 Å². The smallest absolute Gasteiger partial charge is 0.243 e. The van der Waals surface area contributed by atoms with E-state index in [1.165, 1.54) is 21.9 Å². The van der Waals surface area contributed by atoms with Crippen LogP contribution in [0, 0.1) is 5.92 Å². The van der Waals surface area contributed by atoms with Gasteiger partial charge in [0.25, 0.3) is 0 Å². The van der Waals surface area contributed by atoms with Gasteiger partial charge >= 0.3 is 0 Å². The van der Waals surface area contributed by atoms with Gasteiger partial charge in [-0.25, -0.2) is 13.4 Å². The van der Waals surface area contributed by atoms with Gasteiger partial charge in [0.2, 0.25) is 15.9 Å². The molecule has 0 saturated carbocycles. The van der Waals surface area contributed by atoms with E-state index in [0.29, 0.717) is 43.9 Å². The van der Waals surface area contributed by atoms with Crippen molar-refractivity contribution in [3.05, 3.63) is 48.0 Å². The molecule has 0 radical (unpaired) electrons. The fraction of sp³-hybridized carbons (Fsp3) is 0.524. The molecule has 0 unspecified atom stereocenters. The predicted octanol–water partition coefficient (Wildman–Crippen LogP) is 1.98. The van der Waals surface area contributed by atoms with Gasteiger partial charge in [-0.05, 0) is 61.8 Å². The number of aromatic nitrogens is 2. The number of carbonyl (C=O) groups is 1. The summed E-state index contributed by atoms with van der Waals surface area (Å²) in [6.07, 6.45) is 10.7. The highest BCUT2D eigenvalue weighted by Crippen LogP contribution is 2.28. The average Bonchev–Trinajstić information content (AvgIpc) is 3.27. The minimum atomic E-state index is -3.50. The Balaban J connectivity index is 1.32. The van der Waals surface area contributed by atoms with Crippen LogP contribution in [0.25, 0.3) is 0 Å². The molecule has 1 fully saturated rings. The van der Waals surface area contributed by atoms with Crippen molar-refractivity contribution in [3.63, 3.8) is 0 Å². The number of benzene rings is 1. The van der Waals surface area contributed by atoms with Gasteiger partial charge in [0.1, 0.15) is 0 Å². The van der Waals surface area contributed by atoms with E-state index >= 15 is 0 Å². The Bertz CT molecular complexity index is 948. The number of fused-ring (bicyclic) bond motifs is 1. The first-order valence-electron chi connectivity index (χ1n) is 10.4. The minimum Gasteiger partial charge on any atom is -0.354 e. The van der Waals surface area contributed by atoms with Crippen molar-refractivity contribution in [3.8, 4) is 0 Å². The Morgan fingerprint density at radius 3 is 2.62 bits per heavy atom. The molecule has 1 aromatic heterocycles. The zero-order valence-corrected chi connectivity index (χ0v) is 17.4. The highest BCUT2D eigenvalue weighted by Gasteiger charge is 2.32. The molecule has 2 heterocycles. The standard InChI is InChI=1S/C21H28N4O3S/c26-21(23-10-14-24-13-9-22-16-24)18-7-11-25(12-8-18)29(27,28)20-6-5-17-3-1-2-4-19(17)15-20/h5-6,9,13,15-16,18H,1-4,7-8,10-12,14H2,(H,23,26). The summed E-state index contributed by atoms with van der Waals surface area (Å²) in [7, 11) is -3.50. The van der Waals surface area contributed by atoms with Crippen LogP contribution < -0.4 is 5.32 Å². The summed E-state index contributed by atoms with van der Waals surface area (Å²) in [5.74, 6) is -0.122. The lowest BCUT2D eigenvalue weighted by molar-refractivity contribution is -0.126. The Labute approximate surface area is 172 Å². The normalized spacial score (nSPS) is 18.3. The lowest BCUT2D eigenvalue weighted by Crippen LogP contribution is -2.43. The van der Waals surface area contributed by atoms with Gasteiger partial charge in [-0.2, -0.15) is 4.31 Å². The van der Waals surface area contributed by atoms with Crippen LogP contribution >= 0.6 is 0 Å². The first-order valence-corrected chi connectivity index (χ1v) is 11.8. The molecule has 156 valence electrons. The van der Waals surface area contributed by atoms with E-state index in [1.807, 2.05) is 22.9 Å². The quantitative estimate of drug-likeness (QED) is 0.780. The summed E-state index contributed by atoms with van der Waals surface area (Å²) >= 11 is 0. The number of aryl methyl sites for hydroxylation is 2. The van der Waals surface area contributed by atoms with Crippen molar-refractivity contribution in [2.75, 3.05) is 19.6 Å². The molecule has 1 aliphatic carbocycles. The summed E-state index contributed by atoms with van der Waals surface area (Å²) in [5.41, 5.74) is 2.45. The molecule has 7 nitrogen and oxygen atoms in total. The molecule has 0 bridgehead atoms. The Morgan fingerprint density at radius 2 is 1.90 bits per heavy atom. The van der Waals surface area contributed by atoms with E-state index in [2.05, 4.69) is 10.3 Å². The van der Waals surface area contributed by atoms with Crippen LogP contribution in [0.3, 0.4) is 0 Å². The number of amides is 1. The number of nitrogens with one attached hydrogen (secondary N) is 1. The van der Waals surface area contributed by atoms with Crippen LogP contribution in [-0.4, -0.2) is 47.8 Å². The SMILES string of the molecule is O=C(NCCn1ccnc1)C1CCN(S(=O)(=O)c2ccc3c(c2)CCCC3)CC1. The molecule has 1 aliphatic heterocycles. The Morgan fingerprint density at radius 1 is 1.14 bits per heavy atom. The summed E-state index contributed by atoms with van der Waals surface area (Å²) in [4.78, 5) is 16.8. The summed E-state index contributed by atoms with van der Waals surface area (Å²) in [6, 6.07) is 5.58. The molecule has 0 spiro atoms. The Hall–Kier alpha value is -2.19. The van der Waals surface area contributed by atoms with Gasteiger partial charge in [0.15, 0.2) is 0 Å². The number of sulfonamides is 1. The molecule has 2 aliphatic rings. The maximum atomic E-state index is 13.1. The third kappa shape index (κ3) is 4.53. The highest BCUT2D eigenvalue weighted by atomic mass is 32.2. The van der Waals surface area contributed by atoms with E-state index in [1.54, 1.807) is 18.6 Å². The fourth-order valence-electron chi connectivity index (χ4n) is 4.25. The maximum absolute atomic E-state index is 13.1. The summed E-state index contributed by atoms with van der Waals surface area (Å²) in [6.45, 7) is 2.00. The van der Waals surface area contributed by atoms with Gasteiger partial charge in [-0.1, -0.05) is 6.07 Å². The molecular weight excluding hydrogens is 388 g/mol. The zero-order chi connectivity index (χ0) is 20.3. The molecule has 1 N–H and O–H groups in total. The molecule has 1 aromatic carbocycles. The number of hydrogen-bond acceptors (Lipinski definition) is 4. The van der Waals surface area contributed by atoms with Gasteiger partial charge in [-0.3, -0.25) is 4.79 Å². The number of piperidine rings is 1. The van der Waals surface area contributed by atoms with Crippen LogP contribution in [0.1, 0.15) is 36.8 Å². The van der Waals surface area contributed by atoms with E-state index < -0.39 is 10.0 Å². The lowest BCUT2D eigenvalue weighted by Gasteiger charge is -2.31. The Kier molecular flexibility index (Phi) is 6.01. The van der Waals surface area contributed by atoms with Crippen LogP contribution in [0.15, 0.2) is 41.8 Å². The number of carbonyl (C=O) groups excluding carboxylic acids is 1. The minimum absolute atomic E-state index is 0.0101. The van der Waals surface area contributed by atoms with Crippen molar-refractivity contribution in [2.24, 2.45) is 5.92 Å². The number of rotatable bonds is 6. The van der Waals surface area contributed by atoms with Crippen molar-refractivity contribution in [1.29, 1.82) is 0 Å². The van der Waals surface area contributed by atoms with E-state index in [4.69, 9.17) is 0 Å². The lowest BCUT2D eigenvalue weighted by atomic mass is 9.92. The average molecular weight is 417 g/mol. The predicted molar refractivity (Wildman–Crippen MR) is 110 cm³/mol. The summed E-state index contributed by atoms with van der Waals surface area (Å²) in [5, 5.41) is 2.95. The second-order valence-corrected chi connectivity index (χ2v) is 9.85. The molecular formula is C21H28N4O3S. The van der Waals surface area contributed by atoms with Crippen LogP contribution in [0.2, 0.25) is 0 Å². The molecule has 29 heavy (non-hydrogen) atoms. The molecule has 0 atom stereocenters. The number of hydrogen-bond donors (Lipinski definition) is 1. The van der Waals surface area contributed by atoms with Crippen LogP contribution in [-0.2, 0) is 34.2 Å². The molecule has 2 aromatic rings. The van der Waals surface area contributed by atoms with Crippen LogP contribution in [0.5, 0.6) is 0 Å². The largest absolute Gasteiger partial charge is 0.354 e. The molecule has 1 saturated heterocycles. The first kappa shape index (κ1) is 20.1. The van der Waals surface area contributed by atoms with Gasteiger partial charge in [-0.15, -0.1) is 0 Å². The van der Waals surface area contributed by atoms with Gasteiger partial charge < -0.3 is 9.88 Å². The second kappa shape index (κ2) is 8.67. The zero-order valence-electron chi connectivity index (χ0n) is 16.6. The van der Waals surface area contributed by atoms with Crippen molar-refractivity contribution >= 4 is 15.9 Å². The molecule has 1 amide bonds. The van der Waals surface area contributed by atoms with Crippen molar-refractivity contribution in [2.45, 2.75) is 50.0 Å². The van der Waals surface area contributed by atoms with Crippen molar-refractivity contribution < 1.29 is 13.2 Å². The van der Waals surface area contributed by atoms with Crippen molar-refractivity contribution in [1.82, 2.24) is 19.2 Å². The fourth-order valence-corrected chi connectivity index (χ4v) is 5.77. The maximum Gasteiger partial charge on any atom is 0.243 e. The topological polar surface area (TPSA) is 84.3 Å². The third-order valence-corrected chi connectivity index (χ3v) is 7.91. The highest BCUT2D eigenvalue weighted by molar-refractivity contribution is 7.89. The second-order valence-electron chi connectivity index (χ2n) is 7.91. The van der Waals surface area contributed by atoms with E-state index in [0.717, 1.165) is 19.3 Å². The molecule has 8 heteroatoms. The third-order valence-electron chi connectivity index (χ3n) is 6.01. The number of nitrogens with zero attached hydrogens (tertiary/aromatic N) is 3.